The molecule has 0 saturated heterocycles. The van der Waals surface area contributed by atoms with Gasteiger partial charge in [0.25, 0.3) is 0 Å². The zero-order chi connectivity index (χ0) is 14.4. The standard InChI is InChI=1S/C15H18N2O3/c1-20-12-6-5-11-7-9-17-15(13(11)10-12)16-8-3-2-4-14(18)19/h5-7,9-10H,2-4,8H2,1H3,(H,16,17)(H,18,19). The van der Waals surface area contributed by atoms with E-state index in [4.69, 9.17) is 9.84 Å². The molecule has 5 heteroatoms. The second-order valence-corrected chi connectivity index (χ2v) is 4.52. The molecule has 2 N–H and O–H groups in total. The molecule has 0 aliphatic carbocycles. The van der Waals surface area contributed by atoms with Gasteiger partial charge < -0.3 is 15.2 Å². The molecule has 0 aliphatic heterocycles. The molecule has 20 heavy (non-hydrogen) atoms. The predicted molar refractivity (Wildman–Crippen MR) is 78.3 cm³/mol. The number of ether oxygens (including phenoxy) is 1. The highest BCUT2D eigenvalue weighted by Gasteiger charge is 2.04. The zero-order valence-electron chi connectivity index (χ0n) is 11.4. The smallest absolute Gasteiger partial charge is 0.303 e. The SMILES string of the molecule is COc1ccc2ccnc(NCCCCC(=O)O)c2c1. The van der Waals surface area contributed by atoms with Crippen LogP contribution in [0.15, 0.2) is 30.5 Å². The number of carbonyl (C=O) groups is 1. The fourth-order valence-corrected chi connectivity index (χ4v) is 2.02. The first kappa shape index (κ1) is 14.1. The topological polar surface area (TPSA) is 71.5 Å². The Morgan fingerprint density at radius 2 is 2.20 bits per heavy atom. The Hall–Kier alpha value is -2.30. The molecule has 0 radical (unpaired) electrons. The number of nitrogens with one attached hydrogen (secondary N) is 1. The van der Waals surface area contributed by atoms with Crippen molar-refractivity contribution >= 4 is 22.6 Å². The Morgan fingerprint density at radius 1 is 1.35 bits per heavy atom. The Labute approximate surface area is 117 Å². The maximum absolute atomic E-state index is 10.4. The zero-order valence-corrected chi connectivity index (χ0v) is 11.4. The van der Waals surface area contributed by atoms with Gasteiger partial charge in [0.1, 0.15) is 11.6 Å². The summed E-state index contributed by atoms with van der Waals surface area (Å²) in [6.45, 7) is 0.705. The lowest BCUT2D eigenvalue weighted by Crippen LogP contribution is -2.05. The highest BCUT2D eigenvalue weighted by molar-refractivity contribution is 5.92. The van der Waals surface area contributed by atoms with E-state index in [1.165, 1.54) is 0 Å². The summed E-state index contributed by atoms with van der Waals surface area (Å²) in [7, 11) is 1.64. The summed E-state index contributed by atoms with van der Waals surface area (Å²) in [4.78, 5) is 14.8. The second kappa shape index (κ2) is 6.75. The molecule has 0 aliphatic rings. The Balaban J connectivity index is 2.03. The molecule has 2 aromatic rings. The van der Waals surface area contributed by atoms with Gasteiger partial charge in [0.2, 0.25) is 0 Å². The van der Waals surface area contributed by atoms with Gasteiger partial charge in [-0.1, -0.05) is 6.07 Å². The second-order valence-electron chi connectivity index (χ2n) is 4.52. The van der Waals surface area contributed by atoms with Gasteiger partial charge in [-0.15, -0.1) is 0 Å². The van der Waals surface area contributed by atoms with Gasteiger partial charge in [0.05, 0.1) is 7.11 Å². The molecule has 1 heterocycles. The van der Waals surface area contributed by atoms with Crippen molar-refractivity contribution < 1.29 is 14.6 Å². The average Bonchev–Trinajstić information content (AvgIpc) is 2.46. The van der Waals surface area contributed by atoms with Crippen molar-refractivity contribution in [3.63, 3.8) is 0 Å². The monoisotopic (exact) mass is 274 g/mol. The van der Waals surface area contributed by atoms with Crippen molar-refractivity contribution in [2.75, 3.05) is 19.0 Å². The van der Waals surface area contributed by atoms with Crippen molar-refractivity contribution in [1.29, 1.82) is 0 Å². The quantitative estimate of drug-likeness (QED) is 0.760. The number of rotatable bonds is 7. The van der Waals surface area contributed by atoms with Gasteiger partial charge in [-0.2, -0.15) is 0 Å². The number of aromatic nitrogens is 1. The molecule has 5 nitrogen and oxygen atoms in total. The van der Waals surface area contributed by atoms with Gasteiger partial charge in [0, 0.05) is 24.5 Å². The van der Waals surface area contributed by atoms with E-state index in [1.807, 2.05) is 24.3 Å². The lowest BCUT2D eigenvalue weighted by Gasteiger charge is -2.09. The number of fused-ring (bicyclic) bond motifs is 1. The normalized spacial score (nSPS) is 10.4. The number of anilines is 1. The van der Waals surface area contributed by atoms with Crippen LogP contribution in [0, 0.1) is 0 Å². The number of hydrogen-bond donors (Lipinski definition) is 2. The maximum Gasteiger partial charge on any atom is 0.303 e. The number of hydrogen-bond acceptors (Lipinski definition) is 4. The van der Waals surface area contributed by atoms with Crippen LogP contribution in [-0.2, 0) is 4.79 Å². The van der Waals surface area contributed by atoms with Gasteiger partial charge in [-0.25, -0.2) is 4.98 Å². The molecule has 106 valence electrons. The van der Waals surface area contributed by atoms with Crippen LogP contribution < -0.4 is 10.1 Å². The summed E-state index contributed by atoms with van der Waals surface area (Å²) >= 11 is 0. The van der Waals surface area contributed by atoms with E-state index >= 15 is 0 Å². The number of aliphatic carboxylic acids is 1. The number of nitrogens with zero attached hydrogens (tertiary/aromatic N) is 1. The highest BCUT2D eigenvalue weighted by atomic mass is 16.5. The molecule has 0 spiro atoms. The van der Waals surface area contributed by atoms with E-state index in [9.17, 15) is 4.79 Å². The predicted octanol–water partition coefficient (Wildman–Crippen LogP) is 2.91. The molecular formula is C15H18N2O3. The summed E-state index contributed by atoms with van der Waals surface area (Å²) in [6, 6.07) is 7.80. The van der Waals surface area contributed by atoms with E-state index in [2.05, 4.69) is 10.3 Å². The van der Waals surface area contributed by atoms with E-state index < -0.39 is 5.97 Å². The molecule has 0 atom stereocenters. The van der Waals surface area contributed by atoms with Crippen LogP contribution in [0.2, 0.25) is 0 Å². The van der Waals surface area contributed by atoms with Gasteiger partial charge in [0.15, 0.2) is 0 Å². The molecule has 0 fully saturated rings. The average molecular weight is 274 g/mol. The van der Waals surface area contributed by atoms with Crippen LogP contribution in [-0.4, -0.2) is 29.7 Å². The number of methoxy groups -OCH3 is 1. The molecule has 2 rings (SSSR count). The lowest BCUT2D eigenvalue weighted by molar-refractivity contribution is -0.137. The minimum atomic E-state index is -0.752. The number of unbranched alkanes of at least 4 members (excludes halogenated alkanes) is 1. The molecule has 0 bridgehead atoms. The maximum atomic E-state index is 10.4. The molecule has 1 aromatic heterocycles. The summed E-state index contributed by atoms with van der Waals surface area (Å²) < 4.78 is 5.23. The summed E-state index contributed by atoms with van der Waals surface area (Å²) in [5.74, 6) is 0.842. The van der Waals surface area contributed by atoms with E-state index in [1.54, 1.807) is 13.3 Å². The lowest BCUT2D eigenvalue weighted by atomic mass is 10.1. The van der Waals surface area contributed by atoms with Crippen LogP contribution in [0.4, 0.5) is 5.82 Å². The molecular weight excluding hydrogens is 256 g/mol. The Bertz CT molecular complexity index is 599. The fraction of sp³-hybridized carbons (Fsp3) is 0.333. The molecule has 0 unspecified atom stereocenters. The minimum Gasteiger partial charge on any atom is -0.497 e. The van der Waals surface area contributed by atoms with Crippen LogP contribution in [0.25, 0.3) is 10.8 Å². The Morgan fingerprint density at radius 3 is 2.95 bits per heavy atom. The minimum absolute atomic E-state index is 0.207. The van der Waals surface area contributed by atoms with E-state index in [-0.39, 0.29) is 6.42 Å². The van der Waals surface area contributed by atoms with Gasteiger partial charge in [-0.05, 0) is 36.4 Å². The number of carboxylic acid groups (broad SMARTS) is 1. The van der Waals surface area contributed by atoms with Crippen molar-refractivity contribution in [2.24, 2.45) is 0 Å². The van der Waals surface area contributed by atoms with Crippen LogP contribution in [0.5, 0.6) is 5.75 Å². The van der Waals surface area contributed by atoms with Crippen molar-refractivity contribution in [3.05, 3.63) is 30.5 Å². The van der Waals surface area contributed by atoms with Crippen LogP contribution in [0.3, 0.4) is 0 Å². The first-order valence-corrected chi connectivity index (χ1v) is 6.59. The number of carboxylic acids is 1. The van der Waals surface area contributed by atoms with Gasteiger partial charge >= 0.3 is 5.97 Å². The third-order valence-electron chi connectivity index (χ3n) is 3.08. The van der Waals surface area contributed by atoms with Crippen LogP contribution >= 0.6 is 0 Å². The molecule has 1 aromatic carbocycles. The fourth-order valence-electron chi connectivity index (χ4n) is 2.02. The van der Waals surface area contributed by atoms with E-state index in [0.717, 1.165) is 28.8 Å². The van der Waals surface area contributed by atoms with Crippen molar-refractivity contribution in [1.82, 2.24) is 4.98 Å². The summed E-state index contributed by atoms with van der Waals surface area (Å²) in [5.41, 5.74) is 0. The van der Waals surface area contributed by atoms with Crippen molar-refractivity contribution in [2.45, 2.75) is 19.3 Å². The number of pyridine rings is 1. The third-order valence-corrected chi connectivity index (χ3v) is 3.08. The molecule has 0 amide bonds. The van der Waals surface area contributed by atoms with E-state index in [0.29, 0.717) is 13.0 Å². The van der Waals surface area contributed by atoms with Crippen molar-refractivity contribution in [3.8, 4) is 5.75 Å². The highest BCUT2D eigenvalue weighted by Crippen LogP contribution is 2.25. The summed E-state index contributed by atoms with van der Waals surface area (Å²) in [5, 5.41) is 13.9. The van der Waals surface area contributed by atoms with Crippen LogP contribution in [0.1, 0.15) is 19.3 Å². The largest absolute Gasteiger partial charge is 0.497 e. The van der Waals surface area contributed by atoms with Gasteiger partial charge in [-0.3, -0.25) is 4.79 Å². The first-order chi connectivity index (χ1) is 9.70. The third kappa shape index (κ3) is 3.60. The first-order valence-electron chi connectivity index (χ1n) is 6.59. The summed E-state index contributed by atoms with van der Waals surface area (Å²) in [6.07, 6.45) is 3.43. The molecule has 0 saturated carbocycles. The number of benzene rings is 1. The Kier molecular flexibility index (Phi) is 4.76.